The van der Waals surface area contributed by atoms with Gasteiger partial charge in [0.05, 0.1) is 6.04 Å². The van der Waals surface area contributed by atoms with E-state index in [1.54, 1.807) is 31.3 Å². The highest BCUT2D eigenvalue weighted by Gasteiger charge is 2.27. The van der Waals surface area contributed by atoms with E-state index in [1.807, 2.05) is 0 Å². The molecule has 0 saturated carbocycles. The summed E-state index contributed by atoms with van der Waals surface area (Å²) in [4.78, 5) is 28.7. The third-order valence-corrected chi connectivity index (χ3v) is 6.15. The molecule has 32 heavy (non-hydrogen) atoms. The quantitative estimate of drug-likeness (QED) is 0.611. The van der Waals surface area contributed by atoms with Crippen LogP contribution in [0.3, 0.4) is 0 Å². The molecule has 8 heteroatoms. The van der Waals surface area contributed by atoms with Gasteiger partial charge in [-0.05, 0) is 35.4 Å². The predicted molar refractivity (Wildman–Crippen MR) is 118 cm³/mol. The lowest BCUT2D eigenvalue weighted by Crippen LogP contribution is -2.48. The molecule has 1 fully saturated rings. The van der Waals surface area contributed by atoms with Crippen LogP contribution in [0.2, 0.25) is 0 Å². The van der Waals surface area contributed by atoms with Crippen LogP contribution in [0.4, 0.5) is 8.78 Å². The van der Waals surface area contributed by atoms with Crippen molar-refractivity contribution in [3.05, 3.63) is 104 Å². The Morgan fingerprint density at radius 3 is 1.78 bits per heavy atom. The Bertz CT molecular complexity index is 1150. The van der Waals surface area contributed by atoms with Crippen molar-refractivity contribution in [2.75, 3.05) is 26.2 Å². The first-order chi connectivity index (χ1) is 15.3. The number of hydrogen-bond acceptors (Lipinski definition) is 4. The molecule has 0 aliphatic carbocycles. The molecule has 0 amide bonds. The summed E-state index contributed by atoms with van der Waals surface area (Å²) in [7, 11) is 3.14. The Morgan fingerprint density at radius 2 is 1.28 bits per heavy atom. The summed E-state index contributed by atoms with van der Waals surface area (Å²) < 4.78 is 29.6. The second-order valence-corrected chi connectivity index (χ2v) is 8.19. The van der Waals surface area contributed by atoms with Gasteiger partial charge in [0.1, 0.15) is 11.6 Å². The average molecular weight is 440 g/mol. The van der Waals surface area contributed by atoms with Crippen LogP contribution >= 0.6 is 0 Å². The minimum absolute atomic E-state index is 0.119. The minimum atomic E-state index is -0.334. The highest BCUT2D eigenvalue weighted by Crippen LogP contribution is 2.30. The summed E-state index contributed by atoms with van der Waals surface area (Å²) in [6.07, 6.45) is 0. The second-order valence-electron chi connectivity index (χ2n) is 8.19. The molecule has 2 heterocycles. The summed E-state index contributed by atoms with van der Waals surface area (Å²) in [6, 6.07) is 14.2. The second kappa shape index (κ2) is 9.18. The number of rotatable bonds is 5. The molecule has 1 aromatic heterocycles. The molecule has 0 bridgehead atoms. The molecule has 2 aromatic carbocycles. The van der Waals surface area contributed by atoms with Gasteiger partial charge in [0.15, 0.2) is 0 Å². The van der Waals surface area contributed by atoms with Gasteiger partial charge in [-0.3, -0.25) is 23.7 Å². The number of aromatic nitrogens is 2. The fraction of sp³-hybridized carbons (Fsp3) is 0.333. The van der Waals surface area contributed by atoms with Crippen molar-refractivity contribution in [2.45, 2.75) is 12.6 Å². The van der Waals surface area contributed by atoms with Crippen LogP contribution in [0.5, 0.6) is 0 Å². The normalized spacial score (nSPS) is 15.4. The van der Waals surface area contributed by atoms with Gasteiger partial charge in [0.25, 0.3) is 5.56 Å². The molecule has 0 N–H and O–H groups in total. The monoisotopic (exact) mass is 440 g/mol. The molecule has 4 rings (SSSR count). The first-order valence-electron chi connectivity index (χ1n) is 10.6. The zero-order chi connectivity index (χ0) is 22.8. The van der Waals surface area contributed by atoms with E-state index in [0.717, 1.165) is 41.9 Å². The van der Waals surface area contributed by atoms with E-state index < -0.39 is 0 Å². The molecule has 1 saturated heterocycles. The molecular weight excluding hydrogens is 414 g/mol. The Labute approximate surface area is 184 Å². The van der Waals surface area contributed by atoms with Crippen molar-refractivity contribution in [1.82, 2.24) is 18.9 Å². The van der Waals surface area contributed by atoms with E-state index in [4.69, 9.17) is 0 Å². The molecule has 3 aromatic rings. The van der Waals surface area contributed by atoms with Gasteiger partial charge in [-0.25, -0.2) is 13.6 Å². The molecule has 1 aliphatic rings. The molecule has 168 valence electrons. The summed E-state index contributed by atoms with van der Waals surface area (Å²) in [5.74, 6) is -0.591. The van der Waals surface area contributed by atoms with Crippen molar-refractivity contribution in [3.63, 3.8) is 0 Å². The fourth-order valence-corrected chi connectivity index (χ4v) is 4.24. The first-order valence-corrected chi connectivity index (χ1v) is 10.6. The summed E-state index contributed by atoms with van der Waals surface area (Å²) in [6.45, 7) is 3.45. The van der Waals surface area contributed by atoms with Crippen LogP contribution in [0, 0.1) is 11.6 Å². The van der Waals surface area contributed by atoms with E-state index in [9.17, 15) is 18.4 Å². The summed E-state index contributed by atoms with van der Waals surface area (Å²) in [5, 5.41) is 0. The van der Waals surface area contributed by atoms with Crippen molar-refractivity contribution >= 4 is 0 Å². The van der Waals surface area contributed by atoms with E-state index in [1.165, 1.54) is 41.9 Å². The largest absolute Gasteiger partial charge is 0.330 e. The lowest BCUT2D eigenvalue weighted by atomic mass is 9.96. The lowest BCUT2D eigenvalue weighted by Gasteiger charge is -2.40. The van der Waals surface area contributed by atoms with Crippen molar-refractivity contribution in [1.29, 1.82) is 0 Å². The van der Waals surface area contributed by atoms with E-state index in [-0.39, 0.29) is 28.9 Å². The average Bonchev–Trinajstić information content (AvgIpc) is 2.80. The molecule has 6 nitrogen and oxygen atoms in total. The Morgan fingerprint density at radius 1 is 0.781 bits per heavy atom. The molecule has 0 radical (unpaired) electrons. The zero-order valence-electron chi connectivity index (χ0n) is 18.2. The van der Waals surface area contributed by atoms with Gasteiger partial charge in [-0.15, -0.1) is 0 Å². The first kappa shape index (κ1) is 22.1. The van der Waals surface area contributed by atoms with E-state index in [2.05, 4.69) is 9.80 Å². The predicted octanol–water partition coefficient (Wildman–Crippen LogP) is 2.27. The van der Waals surface area contributed by atoms with Crippen LogP contribution in [-0.4, -0.2) is 45.1 Å². The SMILES string of the molecule is Cn1c(CN2CCN(C(c3ccc(F)cc3)c3ccc(F)cc3)CC2)cc(=O)n(C)c1=O. The van der Waals surface area contributed by atoms with Crippen molar-refractivity contribution in [3.8, 4) is 0 Å². The molecule has 0 unspecified atom stereocenters. The van der Waals surface area contributed by atoms with Crippen molar-refractivity contribution in [2.24, 2.45) is 14.1 Å². The highest BCUT2D eigenvalue weighted by molar-refractivity contribution is 5.32. The zero-order valence-corrected chi connectivity index (χ0v) is 18.2. The number of halogens is 2. The Hall–Kier alpha value is -3.10. The van der Waals surface area contributed by atoms with Gasteiger partial charge in [-0.1, -0.05) is 24.3 Å². The summed E-state index contributed by atoms with van der Waals surface area (Å²) >= 11 is 0. The highest BCUT2D eigenvalue weighted by atomic mass is 19.1. The minimum Gasteiger partial charge on any atom is -0.299 e. The van der Waals surface area contributed by atoms with Crippen molar-refractivity contribution < 1.29 is 8.78 Å². The fourth-order valence-electron chi connectivity index (χ4n) is 4.24. The molecule has 0 atom stereocenters. The Kier molecular flexibility index (Phi) is 6.34. The lowest BCUT2D eigenvalue weighted by molar-refractivity contribution is 0.103. The molecular formula is C24H26F2N4O2. The van der Waals surface area contributed by atoms with Gasteiger partial charge >= 0.3 is 5.69 Å². The van der Waals surface area contributed by atoms with Gasteiger partial charge in [-0.2, -0.15) is 0 Å². The van der Waals surface area contributed by atoms with E-state index in [0.29, 0.717) is 12.2 Å². The van der Waals surface area contributed by atoms with Crippen LogP contribution in [0.25, 0.3) is 0 Å². The number of benzene rings is 2. The van der Waals surface area contributed by atoms with Crippen LogP contribution in [-0.2, 0) is 20.6 Å². The van der Waals surface area contributed by atoms with Gasteiger partial charge < -0.3 is 0 Å². The number of nitrogens with zero attached hydrogens (tertiary/aromatic N) is 4. The standard InChI is InChI=1S/C24H26F2N4O2/c1-27-21(15-22(31)28(2)24(27)32)16-29-11-13-30(14-12-29)23(17-3-7-19(25)8-4-17)18-5-9-20(26)10-6-18/h3-10,15,23H,11-14,16H2,1-2H3. The van der Waals surface area contributed by atoms with Gasteiger partial charge in [0.2, 0.25) is 0 Å². The molecule has 1 aliphatic heterocycles. The maximum atomic E-state index is 13.5. The van der Waals surface area contributed by atoms with Crippen LogP contribution < -0.4 is 11.2 Å². The summed E-state index contributed by atoms with van der Waals surface area (Å²) in [5.41, 5.74) is 1.93. The van der Waals surface area contributed by atoms with Crippen LogP contribution in [0.15, 0.2) is 64.2 Å². The Balaban J connectivity index is 1.53. The maximum absolute atomic E-state index is 13.5. The van der Waals surface area contributed by atoms with Gasteiger partial charge in [0, 0.05) is 58.6 Å². The molecule has 0 spiro atoms. The smallest absolute Gasteiger partial charge is 0.299 e. The maximum Gasteiger partial charge on any atom is 0.330 e. The van der Waals surface area contributed by atoms with Crippen LogP contribution in [0.1, 0.15) is 22.9 Å². The number of hydrogen-bond donors (Lipinski definition) is 0. The van der Waals surface area contributed by atoms with E-state index >= 15 is 0 Å². The number of piperazine rings is 1. The third kappa shape index (κ3) is 4.56. The third-order valence-electron chi connectivity index (χ3n) is 6.15. The topological polar surface area (TPSA) is 50.5 Å².